The molecule has 0 spiro atoms. The zero-order valence-corrected chi connectivity index (χ0v) is 25.8. The van der Waals surface area contributed by atoms with Crippen molar-refractivity contribution in [2.24, 2.45) is 0 Å². The summed E-state index contributed by atoms with van der Waals surface area (Å²) in [5.74, 6) is -0.784. The number of carbonyl (C=O) groups excluding carboxylic acids is 3. The number of thiazole rings is 1. The molecule has 3 N–H and O–H groups in total. The molecular weight excluding hydrogens is 589 g/mol. The SMILES string of the molecule is Cc1ccc(/C=C(\NC(=O)c2ccccc2)C(=O)Nc2ccc(SCC(=O)Nc3nc(-c4ccc(C)cc4)cs3)cc2)cc1. The van der Waals surface area contributed by atoms with E-state index < -0.39 is 5.91 Å². The van der Waals surface area contributed by atoms with Crippen molar-refractivity contribution < 1.29 is 14.4 Å². The van der Waals surface area contributed by atoms with Gasteiger partial charge in [0.2, 0.25) is 5.91 Å². The second kappa shape index (κ2) is 14.5. The fraction of sp³-hybridized carbons (Fsp3) is 0.0857. The first-order valence-corrected chi connectivity index (χ1v) is 15.7. The van der Waals surface area contributed by atoms with Gasteiger partial charge in [-0.15, -0.1) is 23.1 Å². The van der Waals surface area contributed by atoms with E-state index in [4.69, 9.17) is 0 Å². The van der Waals surface area contributed by atoms with Crippen LogP contribution in [0.25, 0.3) is 17.3 Å². The van der Waals surface area contributed by atoms with Gasteiger partial charge in [-0.1, -0.05) is 77.9 Å². The third-order valence-corrected chi connectivity index (χ3v) is 8.27. The number of anilines is 2. The molecule has 5 rings (SSSR count). The molecule has 0 radical (unpaired) electrons. The van der Waals surface area contributed by atoms with E-state index >= 15 is 0 Å². The maximum Gasteiger partial charge on any atom is 0.272 e. The molecule has 7 nitrogen and oxygen atoms in total. The van der Waals surface area contributed by atoms with Crippen LogP contribution in [0.5, 0.6) is 0 Å². The number of hydrogen-bond donors (Lipinski definition) is 3. The molecule has 0 bridgehead atoms. The summed E-state index contributed by atoms with van der Waals surface area (Å²) >= 11 is 2.77. The Morgan fingerprint density at radius 2 is 1.45 bits per heavy atom. The molecule has 9 heteroatoms. The minimum Gasteiger partial charge on any atom is -0.321 e. The standard InChI is InChI=1S/C35H30N4O3S2/c1-23-8-12-25(13-9-23)20-30(37-33(41)27-6-4-3-5-7-27)34(42)36-28-16-18-29(19-17-28)43-22-32(40)39-35-38-31(21-44-35)26-14-10-24(2)11-15-26/h3-21H,22H2,1-2H3,(H,36,42)(H,37,41)(H,38,39,40)/b30-20-. The van der Waals surface area contributed by atoms with Gasteiger partial charge in [0.15, 0.2) is 5.13 Å². The number of thioether (sulfide) groups is 1. The van der Waals surface area contributed by atoms with Gasteiger partial charge in [-0.3, -0.25) is 14.4 Å². The Bertz CT molecular complexity index is 1780. The van der Waals surface area contributed by atoms with Gasteiger partial charge in [-0.05, 0) is 61.9 Å². The fourth-order valence-electron chi connectivity index (χ4n) is 4.10. The summed E-state index contributed by atoms with van der Waals surface area (Å²) in [6.07, 6.45) is 1.64. The minimum absolute atomic E-state index is 0.116. The molecule has 5 aromatic rings. The van der Waals surface area contributed by atoms with Gasteiger partial charge in [-0.2, -0.15) is 0 Å². The van der Waals surface area contributed by atoms with Crippen molar-refractivity contribution >= 4 is 57.7 Å². The largest absolute Gasteiger partial charge is 0.321 e. The van der Waals surface area contributed by atoms with Crippen molar-refractivity contribution in [2.75, 3.05) is 16.4 Å². The first kappa shape index (κ1) is 30.5. The molecule has 0 atom stereocenters. The smallest absolute Gasteiger partial charge is 0.272 e. The topological polar surface area (TPSA) is 100 Å². The van der Waals surface area contributed by atoms with E-state index in [0.29, 0.717) is 16.4 Å². The zero-order chi connectivity index (χ0) is 30.9. The number of aromatic nitrogens is 1. The quantitative estimate of drug-likeness (QED) is 0.111. The van der Waals surface area contributed by atoms with Crippen LogP contribution < -0.4 is 16.0 Å². The van der Waals surface area contributed by atoms with Crippen LogP contribution in [0.4, 0.5) is 10.8 Å². The Morgan fingerprint density at radius 1 is 0.795 bits per heavy atom. The minimum atomic E-state index is -0.455. The van der Waals surface area contributed by atoms with Gasteiger partial charge in [-0.25, -0.2) is 4.98 Å². The van der Waals surface area contributed by atoms with Crippen LogP contribution >= 0.6 is 23.1 Å². The number of benzene rings is 4. The zero-order valence-electron chi connectivity index (χ0n) is 24.2. The highest BCUT2D eigenvalue weighted by Crippen LogP contribution is 2.26. The van der Waals surface area contributed by atoms with E-state index in [2.05, 4.69) is 20.9 Å². The van der Waals surface area contributed by atoms with Crippen LogP contribution in [0.1, 0.15) is 27.0 Å². The molecule has 220 valence electrons. The summed E-state index contributed by atoms with van der Waals surface area (Å²) in [6.45, 7) is 4.02. The fourth-order valence-corrected chi connectivity index (χ4v) is 5.53. The number of rotatable bonds is 10. The maximum atomic E-state index is 13.3. The van der Waals surface area contributed by atoms with Crippen molar-refractivity contribution in [3.05, 3.63) is 136 Å². The molecule has 1 heterocycles. The predicted octanol–water partition coefficient (Wildman–Crippen LogP) is 7.57. The molecule has 44 heavy (non-hydrogen) atoms. The lowest BCUT2D eigenvalue weighted by Crippen LogP contribution is -2.30. The number of nitrogens with zero attached hydrogens (tertiary/aromatic N) is 1. The van der Waals surface area contributed by atoms with Crippen molar-refractivity contribution in [2.45, 2.75) is 18.7 Å². The van der Waals surface area contributed by atoms with Crippen LogP contribution in [-0.4, -0.2) is 28.5 Å². The molecule has 4 aromatic carbocycles. The number of nitrogens with one attached hydrogen (secondary N) is 3. The first-order chi connectivity index (χ1) is 21.3. The first-order valence-electron chi connectivity index (χ1n) is 13.8. The van der Waals surface area contributed by atoms with E-state index in [1.807, 2.05) is 86.0 Å². The van der Waals surface area contributed by atoms with Gasteiger partial charge in [0.05, 0.1) is 11.4 Å². The molecular formula is C35H30N4O3S2. The molecule has 1 aromatic heterocycles. The Labute approximate surface area is 264 Å². The Kier molecular flexibility index (Phi) is 10.0. The third-order valence-electron chi connectivity index (χ3n) is 6.50. The molecule has 0 unspecified atom stereocenters. The van der Waals surface area contributed by atoms with Gasteiger partial charge < -0.3 is 16.0 Å². The second-order valence-corrected chi connectivity index (χ2v) is 11.9. The lowest BCUT2D eigenvalue weighted by molar-refractivity contribution is -0.114. The third kappa shape index (κ3) is 8.53. The molecule has 0 aliphatic rings. The summed E-state index contributed by atoms with van der Waals surface area (Å²) in [4.78, 5) is 44.1. The van der Waals surface area contributed by atoms with E-state index in [-0.39, 0.29) is 23.3 Å². The van der Waals surface area contributed by atoms with Crippen molar-refractivity contribution in [1.82, 2.24) is 10.3 Å². The summed E-state index contributed by atoms with van der Waals surface area (Å²) < 4.78 is 0. The van der Waals surface area contributed by atoms with Gasteiger partial charge in [0.25, 0.3) is 11.8 Å². The number of hydrogen-bond acceptors (Lipinski definition) is 6. The molecule has 0 aliphatic heterocycles. The Hall–Kier alpha value is -4.99. The van der Waals surface area contributed by atoms with E-state index in [9.17, 15) is 14.4 Å². The number of carbonyl (C=O) groups is 3. The maximum absolute atomic E-state index is 13.3. The molecule has 0 aliphatic carbocycles. The molecule has 0 saturated heterocycles. The Balaban J connectivity index is 1.18. The Morgan fingerprint density at radius 3 is 2.14 bits per heavy atom. The summed E-state index contributed by atoms with van der Waals surface area (Å²) in [6, 6.07) is 31.7. The van der Waals surface area contributed by atoms with E-state index in [1.54, 1.807) is 42.5 Å². The van der Waals surface area contributed by atoms with Gasteiger partial charge in [0, 0.05) is 27.1 Å². The number of aryl methyl sites for hydroxylation is 2. The lowest BCUT2D eigenvalue weighted by atomic mass is 10.1. The highest BCUT2D eigenvalue weighted by molar-refractivity contribution is 8.00. The number of amides is 3. The summed E-state index contributed by atoms with van der Waals surface area (Å²) in [5, 5.41) is 11.0. The summed E-state index contributed by atoms with van der Waals surface area (Å²) in [7, 11) is 0. The summed E-state index contributed by atoms with van der Waals surface area (Å²) in [5.41, 5.74) is 6.00. The molecule has 0 fully saturated rings. The lowest BCUT2D eigenvalue weighted by Gasteiger charge is -2.12. The van der Waals surface area contributed by atoms with Crippen LogP contribution in [0.15, 0.2) is 119 Å². The van der Waals surface area contributed by atoms with Crippen LogP contribution in [0.2, 0.25) is 0 Å². The van der Waals surface area contributed by atoms with E-state index in [1.165, 1.54) is 28.7 Å². The van der Waals surface area contributed by atoms with Gasteiger partial charge >= 0.3 is 0 Å². The average Bonchev–Trinajstić information content (AvgIpc) is 3.50. The average molecular weight is 619 g/mol. The molecule has 0 saturated carbocycles. The highest BCUT2D eigenvalue weighted by Gasteiger charge is 2.15. The van der Waals surface area contributed by atoms with Crippen molar-refractivity contribution in [3.8, 4) is 11.3 Å². The molecule has 3 amide bonds. The van der Waals surface area contributed by atoms with Gasteiger partial charge in [0.1, 0.15) is 5.70 Å². The normalized spacial score (nSPS) is 11.1. The predicted molar refractivity (Wildman–Crippen MR) is 180 cm³/mol. The van der Waals surface area contributed by atoms with Crippen LogP contribution in [-0.2, 0) is 9.59 Å². The monoisotopic (exact) mass is 618 g/mol. The van der Waals surface area contributed by atoms with E-state index in [0.717, 1.165) is 27.3 Å². The second-order valence-electron chi connectivity index (χ2n) is 10.0. The van der Waals surface area contributed by atoms with Crippen LogP contribution in [0, 0.1) is 13.8 Å². The van der Waals surface area contributed by atoms with Crippen molar-refractivity contribution in [3.63, 3.8) is 0 Å². The van der Waals surface area contributed by atoms with Crippen molar-refractivity contribution in [1.29, 1.82) is 0 Å². The van der Waals surface area contributed by atoms with Crippen LogP contribution in [0.3, 0.4) is 0 Å². The highest BCUT2D eigenvalue weighted by atomic mass is 32.2.